The van der Waals surface area contributed by atoms with E-state index in [2.05, 4.69) is 23.5 Å². The fourth-order valence-electron chi connectivity index (χ4n) is 3.33. The molecule has 24 heavy (non-hydrogen) atoms. The van der Waals surface area contributed by atoms with E-state index in [0.29, 0.717) is 0 Å². The first-order valence-electron chi connectivity index (χ1n) is 9.37. The molecule has 5 heteroatoms. The molecule has 1 aromatic heterocycles. The number of nitrogens with zero attached hydrogens (tertiary/aromatic N) is 1. The smallest absolute Gasteiger partial charge is 0.351 e. The van der Waals surface area contributed by atoms with Crippen molar-refractivity contribution in [1.82, 2.24) is 5.16 Å². The summed E-state index contributed by atoms with van der Waals surface area (Å²) in [6.45, 7) is 6.24. The predicted octanol–water partition coefficient (Wildman–Crippen LogP) is 7.28. The molecule has 1 rings (SSSR count). The van der Waals surface area contributed by atoms with Crippen molar-refractivity contribution in [3.63, 3.8) is 0 Å². The van der Waals surface area contributed by atoms with Gasteiger partial charge >= 0.3 is 6.18 Å². The number of hydrogen-bond acceptors (Lipinski definition) is 2. The minimum absolute atomic E-state index is 0.238. The summed E-state index contributed by atoms with van der Waals surface area (Å²) < 4.78 is 44.2. The number of unbranched alkanes of at least 4 members (excludes halogenated alkanes) is 7. The highest BCUT2D eigenvalue weighted by molar-refractivity contribution is 5.26. The Morgan fingerprint density at radius 2 is 1.38 bits per heavy atom. The van der Waals surface area contributed by atoms with Crippen LogP contribution in [-0.2, 0) is 11.6 Å². The number of aromatic nitrogens is 1. The quantitative estimate of drug-likeness (QED) is 0.371. The fraction of sp³-hybridized carbons (Fsp3) is 0.842. The van der Waals surface area contributed by atoms with Crippen LogP contribution >= 0.6 is 0 Å². The van der Waals surface area contributed by atoms with Gasteiger partial charge in [0.2, 0.25) is 5.76 Å². The minimum Gasteiger partial charge on any atom is -0.351 e. The molecule has 0 radical (unpaired) electrons. The molecule has 0 bridgehead atoms. The Bertz CT molecular complexity index is 456. The van der Waals surface area contributed by atoms with Gasteiger partial charge in [-0.1, -0.05) is 83.7 Å². The molecule has 2 nitrogen and oxygen atoms in total. The Balaban J connectivity index is 2.82. The summed E-state index contributed by atoms with van der Waals surface area (Å²) in [6, 6.07) is 0. The lowest BCUT2D eigenvalue weighted by molar-refractivity contribution is -0.156. The van der Waals surface area contributed by atoms with Crippen LogP contribution in [0, 0.1) is 0 Å². The summed E-state index contributed by atoms with van der Waals surface area (Å²) in [6.07, 6.45) is 8.11. The molecule has 1 atom stereocenters. The van der Waals surface area contributed by atoms with Gasteiger partial charge in [-0.15, -0.1) is 0 Å². The molecule has 0 fully saturated rings. The zero-order valence-corrected chi connectivity index (χ0v) is 15.3. The van der Waals surface area contributed by atoms with Crippen molar-refractivity contribution < 1.29 is 17.7 Å². The first-order chi connectivity index (χ1) is 11.3. The maximum Gasteiger partial charge on any atom is 0.452 e. The highest BCUT2D eigenvalue weighted by atomic mass is 19.4. The van der Waals surface area contributed by atoms with Crippen LogP contribution in [0.4, 0.5) is 13.2 Å². The molecule has 0 amide bonds. The van der Waals surface area contributed by atoms with Crippen molar-refractivity contribution in [3.8, 4) is 0 Å². The van der Waals surface area contributed by atoms with Gasteiger partial charge in [0.05, 0.1) is 6.20 Å². The topological polar surface area (TPSA) is 26.0 Å². The maximum atomic E-state index is 13.2. The largest absolute Gasteiger partial charge is 0.452 e. The first kappa shape index (κ1) is 21.0. The monoisotopic (exact) mass is 347 g/mol. The molecule has 0 aromatic carbocycles. The van der Waals surface area contributed by atoms with E-state index < -0.39 is 17.4 Å². The third-order valence-electron chi connectivity index (χ3n) is 4.89. The van der Waals surface area contributed by atoms with Crippen molar-refractivity contribution in [3.05, 3.63) is 17.5 Å². The number of hydrogen-bond donors (Lipinski definition) is 0. The van der Waals surface area contributed by atoms with E-state index >= 15 is 0 Å². The Morgan fingerprint density at radius 3 is 1.88 bits per heavy atom. The minimum atomic E-state index is -4.47. The van der Waals surface area contributed by atoms with Gasteiger partial charge in [0.15, 0.2) is 0 Å². The zero-order valence-electron chi connectivity index (χ0n) is 15.3. The van der Waals surface area contributed by atoms with Gasteiger partial charge in [-0.2, -0.15) is 13.2 Å². The van der Waals surface area contributed by atoms with Crippen LogP contribution < -0.4 is 0 Å². The highest BCUT2D eigenvalue weighted by Crippen LogP contribution is 2.42. The second-order valence-corrected chi connectivity index (χ2v) is 7.10. The van der Waals surface area contributed by atoms with Gasteiger partial charge in [-0.25, -0.2) is 0 Å². The zero-order chi connectivity index (χ0) is 18.1. The van der Waals surface area contributed by atoms with Crippen LogP contribution in [0.25, 0.3) is 0 Å². The van der Waals surface area contributed by atoms with E-state index in [9.17, 15) is 13.2 Å². The summed E-state index contributed by atoms with van der Waals surface area (Å²) in [5.74, 6) is -0.908. The van der Waals surface area contributed by atoms with Gasteiger partial charge in [0, 0.05) is 5.56 Å². The maximum absolute atomic E-state index is 13.2. The molecule has 1 unspecified atom stereocenters. The SMILES string of the molecule is CCCCCCCC(C)(CCCCCC)c1cnoc1C(F)(F)F. The molecule has 0 N–H and O–H groups in total. The molecule has 0 saturated carbocycles. The van der Waals surface area contributed by atoms with Crippen molar-refractivity contribution >= 4 is 0 Å². The average molecular weight is 347 g/mol. The lowest BCUT2D eigenvalue weighted by atomic mass is 9.74. The number of rotatable bonds is 12. The molecule has 140 valence electrons. The van der Waals surface area contributed by atoms with E-state index in [-0.39, 0.29) is 5.56 Å². The molecular weight excluding hydrogens is 315 g/mol. The molecule has 0 aliphatic rings. The molecule has 0 spiro atoms. The van der Waals surface area contributed by atoms with Crippen LogP contribution in [-0.4, -0.2) is 5.16 Å². The summed E-state index contributed by atoms with van der Waals surface area (Å²) >= 11 is 0. The highest BCUT2D eigenvalue weighted by Gasteiger charge is 2.43. The average Bonchev–Trinajstić information content (AvgIpc) is 3.02. The van der Waals surface area contributed by atoms with E-state index in [0.717, 1.165) is 64.2 Å². The molecule has 0 saturated heterocycles. The van der Waals surface area contributed by atoms with Crippen LogP contribution in [0.5, 0.6) is 0 Å². The van der Waals surface area contributed by atoms with Crippen LogP contribution in [0.15, 0.2) is 10.7 Å². The van der Waals surface area contributed by atoms with Crippen molar-refractivity contribution in [2.75, 3.05) is 0 Å². The Morgan fingerprint density at radius 1 is 0.875 bits per heavy atom. The Kier molecular flexibility index (Phi) is 8.85. The van der Waals surface area contributed by atoms with Crippen molar-refractivity contribution in [2.24, 2.45) is 0 Å². The Labute approximate surface area is 144 Å². The molecule has 0 aliphatic heterocycles. The lowest BCUT2D eigenvalue weighted by Gasteiger charge is -2.30. The molecule has 1 aromatic rings. The van der Waals surface area contributed by atoms with Gasteiger partial charge in [0.1, 0.15) is 0 Å². The summed E-state index contributed by atoms with van der Waals surface area (Å²) in [5, 5.41) is 3.46. The third kappa shape index (κ3) is 6.48. The number of alkyl halides is 3. The Hall–Kier alpha value is -1.00. The molecule has 0 aliphatic carbocycles. The standard InChI is InChI=1S/C19H32F3NO/c1-4-6-8-10-12-14-18(3,13-11-9-7-5-2)16-15-23-24-17(16)19(20,21)22/h15H,4-14H2,1-3H3. The van der Waals surface area contributed by atoms with E-state index in [4.69, 9.17) is 0 Å². The van der Waals surface area contributed by atoms with Crippen molar-refractivity contribution in [1.29, 1.82) is 0 Å². The molecule has 1 heterocycles. The first-order valence-corrected chi connectivity index (χ1v) is 9.37. The van der Waals surface area contributed by atoms with E-state index in [1.807, 2.05) is 6.92 Å². The van der Waals surface area contributed by atoms with Gasteiger partial charge in [-0.3, -0.25) is 0 Å². The van der Waals surface area contributed by atoms with Gasteiger partial charge < -0.3 is 4.52 Å². The number of halogens is 3. The lowest BCUT2D eigenvalue weighted by Crippen LogP contribution is -2.25. The van der Waals surface area contributed by atoms with E-state index in [1.165, 1.54) is 12.6 Å². The second-order valence-electron chi connectivity index (χ2n) is 7.10. The van der Waals surface area contributed by atoms with E-state index in [1.54, 1.807) is 0 Å². The summed E-state index contributed by atoms with van der Waals surface area (Å²) in [5.41, 5.74) is -0.271. The molecular formula is C19H32F3NO. The summed E-state index contributed by atoms with van der Waals surface area (Å²) in [7, 11) is 0. The normalized spacial score (nSPS) is 14.8. The van der Waals surface area contributed by atoms with Gasteiger partial charge in [-0.05, 0) is 18.3 Å². The van der Waals surface area contributed by atoms with Crippen LogP contribution in [0.3, 0.4) is 0 Å². The van der Waals surface area contributed by atoms with Crippen LogP contribution in [0.2, 0.25) is 0 Å². The van der Waals surface area contributed by atoms with Crippen LogP contribution in [0.1, 0.15) is 103 Å². The van der Waals surface area contributed by atoms with Gasteiger partial charge in [0.25, 0.3) is 0 Å². The fourth-order valence-corrected chi connectivity index (χ4v) is 3.33. The van der Waals surface area contributed by atoms with Crippen molar-refractivity contribution in [2.45, 2.75) is 103 Å². The second kappa shape index (κ2) is 10.1. The summed E-state index contributed by atoms with van der Waals surface area (Å²) in [4.78, 5) is 0. The third-order valence-corrected chi connectivity index (χ3v) is 4.89. The predicted molar refractivity (Wildman–Crippen MR) is 91.0 cm³/mol.